The van der Waals surface area contributed by atoms with Gasteiger partial charge in [0.25, 0.3) is 0 Å². The number of nitrogens with two attached hydrogens (primary N) is 1. The fourth-order valence-corrected chi connectivity index (χ4v) is 2.21. The van der Waals surface area contributed by atoms with Crippen LogP contribution in [0.4, 0.5) is 11.4 Å². The van der Waals surface area contributed by atoms with Gasteiger partial charge in [-0.05, 0) is 31.5 Å². The highest BCUT2D eigenvalue weighted by Gasteiger charge is 2.02. The molecule has 0 spiro atoms. The number of hydrogen-bond donors (Lipinski definition) is 2. The van der Waals surface area contributed by atoms with Crippen LogP contribution in [0.25, 0.3) is 0 Å². The molecule has 0 aliphatic heterocycles. The van der Waals surface area contributed by atoms with Crippen LogP contribution in [-0.2, 0) is 6.54 Å². The van der Waals surface area contributed by atoms with E-state index in [1.165, 1.54) is 0 Å². The maximum Gasteiger partial charge on any atom is 0.112 e. The zero-order chi connectivity index (χ0) is 11.5. The van der Waals surface area contributed by atoms with Crippen molar-refractivity contribution in [3.8, 4) is 0 Å². The molecule has 2 aromatic rings. The first-order valence-corrected chi connectivity index (χ1v) is 6.05. The molecule has 0 amide bonds. The van der Waals surface area contributed by atoms with Gasteiger partial charge in [0.2, 0.25) is 0 Å². The van der Waals surface area contributed by atoms with Crippen LogP contribution < -0.4 is 11.1 Å². The van der Waals surface area contributed by atoms with Crippen molar-refractivity contribution < 1.29 is 0 Å². The van der Waals surface area contributed by atoms with E-state index in [0.717, 1.165) is 34.2 Å². The number of nitrogens with one attached hydrogen (secondary N) is 1. The van der Waals surface area contributed by atoms with E-state index >= 15 is 0 Å². The van der Waals surface area contributed by atoms with Crippen LogP contribution in [0.5, 0.6) is 0 Å². The first-order chi connectivity index (χ1) is 7.66. The van der Waals surface area contributed by atoms with Crippen LogP contribution >= 0.6 is 11.3 Å². The molecule has 0 aliphatic carbocycles. The van der Waals surface area contributed by atoms with E-state index in [0.29, 0.717) is 0 Å². The van der Waals surface area contributed by atoms with Crippen molar-refractivity contribution in [2.24, 2.45) is 0 Å². The Labute approximate surface area is 99.3 Å². The van der Waals surface area contributed by atoms with Gasteiger partial charge >= 0.3 is 0 Å². The Kier molecular flexibility index (Phi) is 3.10. The molecule has 0 fully saturated rings. The number of benzene rings is 1. The Morgan fingerprint density at radius 2 is 2.19 bits per heavy atom. The zero-order valence-corrected chi connectivity index (χ0v) is 10.3. The molecular formula is C12H15N3S. The number of aromatic nitrogens is 1. The van der Waals surface area contributed by atoms with Crippen LogP contribution in [0.15, 0.2) is 23.6 Å². The molecule has 2 rings (SSSR count). The van der Waals surface area contributed by atoms with Gasteiger partial charge in [-0.3, -0.25) is 0 Å². The van der Waals surface area contributed by atoms with Crippen molar-refractivity contribution in [1.29, 1.82) is 0 Å². The smallest absolute Gasteiger partial charge is 0.112 e. The molecule has 84 valence electrons. The lowest BCUT2D eigenvalue weighted by Crippen LogP contribution is -2.02. The molecule has 1 heterocycles. The molecular weight excluding hydrogens is 218 g/mol. The Balaban J connectivity index is 2.07. The van der Waals surface area contributed by atoms with Gasteiger partial charge in [-0.1, -0.05) is 6.07 Å². The molecule has 0 aliphatic rings. The van der Waals surface area contributed by atoms with Gasteiger partial charge < -0.3 is 11.1 Å². The molecule has 1 aromatic carbocycles. The van der Waals surface area contributed by atoms with Crippen molar-refractivity contribution in [3.05, 3.63) is 39.8 Å². The predicted molar refractivity (Wildman–Crippen MR) is 69.8 cm³/mol. The van der Waals surface area contributed by atoms with Gasteiger partial charge in [0, 0.05) is 22.4 Å². The van der Waals surface area contributed by atoms with Crippen molar-refractivity contribution >= 4 is 22.7 Å². The summed E-state index contributed by atoms with van der Waals surface area (Å²) in [5.74, 6) is 0. The monoisotopic (exact) mass is 233 g/mol. The summed E-state index contributed by atoms with van der Waals surface area (Å²) in [4.78, 5) is 4.40. The average molecular weight is 233 g/mol. The van der Waals surface area contributed by atoms with Crippen LogP contribution in [0.2, 0.25) is 0 Å². The van der Waals surface area contributed by atoms with E-state index in [2.05, 4.69) is 15.7 Å². The highest BCUT2D eigenvalue weighted by Crippen LogP contribution is 2.21. The highest BCUT2D eigenvalue weighted by atomic mass is 32.1. The van der Waals surface area contributed by atoms with Gasteiger partial charge in [0.1, 0.15) is 5.01 Å². The average Bonchev–Trinajstić information content (AvgIpc) is 2.67. The highest BCUT2D eigenvalue weighted by molar-refractivity contribution is 7.09. The molecule has 16 heavy (non-hydrogen) atoms. The number of thiazole rings is 1. The fourth-order valence-electron chi connectivity index (χ4n) is 1.50. The fraction of sp³-hybridized carbons (Fsp3) is 0.250. The third-order valence-electron chi connectivity index (χ3n) is 2.47. The van der Waals surface area contributed by atoms with Crippen molar-refractivity contribution in [2.45, 2.75) is 20.4 Å². The zero-order valence-electron chi connectivity index (χ0n) is 9.45. The second-order valence-electron chi connectivity index (χ2n) is 3.76. The Hall–Kier alpha value is -1.55. The van der Waals surface area contributed by atoms with Crippen LogP contribution in [0.1, 0.15) is 16.3 Å². The number of rotatable bonds is 3. The number of hydrogen-bond acceptors (Lipinski definition) is 4. The molecule has 0 saturated carbocycles. The molecule has 4 heteroatoms. The molecule has 0 bridgehead atoms. The standard InChI is InChI=1S/C12H15N3S/c1-8-7-16-12(15-8)6-14-11-5-3-4-10(13)9(11)2/h3-5,7,14H,6,13H2,1-2H3. The van der Waals surface area contributed by atoms with Crippen molar-refractivity contribution in [2.75, 3.05) is 11.1 Å². The summed E-state index contributed by atoms with van der Waals surface area (Å²) < 4.78 is 0. The van der Waals surface area contributed by atoms with Crippen molar-refractivity contribution in [1.82, 2.24) is 4.98 Å². The maximum absolute atomic E-state index is 5.84. The number of nitrogen functional groups attached to an aromatic ring is 1. The molecule has 0 atom stereocenters. The third-order valence-corrected chi connectivity index (χ3v) is 3.44. The van der Waals surface area contributed by atoms with Gasteiger partial charge in [-0.25, -0.2) is 4.98 Å². The second-order valence-corrected chi connectivity index (χ2v) is 4.70. The lowest BCUT2D eigenvalue weighted by molar-refractivity contribution is 1.07. The quantitative estimate of drug-likeness (QED) is 0.801. The van der Waals surface area contributed by atoms with Crippen LogP contribution in [0, 0.1) is 13.8 Å². The van der Waals surface area contributed by atoms with E-state index in [1.54, 1.807) is 11.3 Å². The van der Waals surface area contributed by atoms with Gasteiger partial charge in [0.05, 0.1) is 6.54 Å². The van der Waals surface area contributed by atoms with E-state index in [1.807, 2.05) is 32.0 Å². The summed E-state index contributed by atoms with van der Waals surface area (Å²) >= 11 is 1.67. The van der Waals surface area contributed by atoms with E-state index in [4.69, 9.17) is 5.73 Å². The van der Waals surface area contributed by atoms with Crippen LogP contribution in [0.3, 0.4) is 0 Å². The largest absolute Gasteiger partial charge is 0.398 e. The topological polar surface area (TPSA) is 50.9 Å². The summed E-state index contributed by atoms with van der Waals surface area (Å²) in [5.41, 5.74) is 9.91. The van der Waals surface area contributed by atoms with Crippen LogP contribution in [-0.4, -0.2) is 4.98 Å². The van der Waals surface area contributed by atoms with Crippen molar-refractivity contribution in [3.63, 3.8) is 0 Å². The van der Waals surface area contributed by atoms with Gasteiger partial charge in [-0.2, -0.15) is 0 Å². The minimum Gasteiger partial charge on any atom is -0.398 e. The third kappa shape index (κ3) is 2.33. The summed E-state index contributed by atoms with van der Waals surface area (Å²) in [5, 5.41) is 6.51. The Bertz CT molecular complexity index is 491. The number of aryl methyl sites for hydroxylation is 1. The van der Waals surface area contributed by atoms with E-state index in [-0.39, 0.29) is 0 Å². The predicted octanol–water partition coefficient (Wildman–Crippen LogP) is 2.95. The Morgan fingerprint density at radius 1 is 1.38 bits per heavy atom. The maximum atomic E-state index is 5.84. The van der Waals surface area contributed by atoms with Gasteiger partial charge in [0.15, 0.2) is 0 Å². The number of anilines is 2. The first-order valence-electron chi connectivity index (χ1n) is 5.17. The summed E-state index contributed by atoms with van der Waals surface area (Å²) in [6, 6.07) is 5.90. The molecule has 3 nitrogen and oxygen atoms in total. The van der Waals surface area contributed by atoms with E-state index in [9.17, 15) is 0 Å². The van der Waals surface area contributed by atoms with Gasteiger partial charge in [-0.15, -0.1) is 11.3 Å². The Morgan fingerprint density at radius 3 is 2.88 bits per heavy atom. The molecule has 1 aromatic heterocycles. The molecule has 0 unspecified atom stereocenters. The molecule has 0 saturated heterocycles. The summed E-state index contributed by atoms with van der Waals surface area (Å²) in [6.45, 7) is 4.78. The molecule has 0 radical (unpaired) electrons. The minimum absolute atomic E-state index is 0.753. The first kappa shape index (κ1) is 11.0. The number of nitrogens with zero attached hydrogens (tertiary/aromatic N) is 1. The lowest BCUT2D eigenvalue weighted by Gasteiger charge is -2.09. The minimum atomic E-state index is 0.753. The molecule has 3 N–H and O–H groups in total. The second kappa shape index (κ2) is 4.53. The normalized spacial score (nSPS) is 10.4. The summed E-state index contributed by atoms with van der Waals surface area (Å²) in [6.07, 6.45) is 0. The van der Waals surface area contributed by atoms with E-state index < -0.39 is 0 Å². The lowest BCUT2D eigenvalue weighted by atomic mass is 10.1. The SMILES string of the molecule is Cc1csc(CNc2cccc(N)c2C)n1. The summed E-state index contributed by atoms with van der Waals surface area (Å²) in [7, 11) is 0.